The molecule has 0 unspecified atom stereocenters. The van der Waals surface area contributed by atoms with E-state index in [2.05, 4.69) is 130 Å². The topological polar surface area (TPSA) is 21.7 Å². The molecule has 0 bridgehead atoms. The highest BCUT2D eigenvalue weighted by Crippen LogP contribution is 2.41. The van der Waals surface area contributed by atoms with Gasteiger partial charge in [-0.15, -0.1) is 11.3 Å². The Morgan fingerprint density at radius 3 is 2.13 bits per heavy atom. The molecule has 38 heavy (non-hydrogen) atoms. The smallest absolute Gasteiger partial charge is 0.244 e. The van der Waals surface area contributed by atoms with Crippen molar-refractivity contribution in [1.29, 1.82) is 0 Å². The number of aromatic nitrogens is 3. The Kier molecular flexibility index (Phi) is 6.16. The molecule has 3 nitrogen and oxygen atoms in total. The van der Waals surface area contributed by atoms with Crippen LogP contribution < -0.4 is 4.57 Å². The molecule has 4 aromatic carbocycles. The van der Waals surface area contributed by atoms with Crippen molar-refractivity contribution in [3.8, 4) is 28.2 Å². The zero-order valence-corrected chi connectivity index (χ0v) is 23.8. The molecule has 6 aromatic rings. The van der Waals surface area contributed by atoms with E-state index in [-0.39, 0.29) is 0 Å². The standard InChI is InChI=1S/C34H34N3S/c1-21(2)26-18-25(24-12-8-7-9-13-24)19-27(22(3)4)33(26)37-29-15-11-10-14-28(29)36(6)34(37)31-23(5)16-17-30-32(31)35-20-38-30/h7-22H,1-6H3/q+1. The highest BCUT2D eigenvalue weighted by Gasteiger charge is 2.33. The minimum atomic E-state index is 0.349. The number of thiazole rings is 1. The maximum Gasteiger partial charge on any atom is 0.297 e. The first-order chi connectivity index (χ1) is 18.4. The van der Waals surface area contributed by atoms with Gasteiger partial charge in [0, 0.05) is 11.1 Å². The summed E-state index contributed by atoms with van der Waals surface area (Å²) in [5.41, 5.74) is 14.5. The van der Waals surface area contributed by atoms with Crippen molar-refractivity contribution in [2.45, 2.75) is 46.5 Å². The number of fused-ring (bicyclic) bond motifs is 2. The van der Waals surface area contributed by atoms with Gasteiger partial charge in [0.05, 0.1) is 28.3 Å². The lowest BCUT2D eigenvalue weighted by atomic mass is 9.88. The van der Waals surface area contributed by atoms with Crippen LogP contribution >= 0.6 is 11.3 Å². The highest BCUT2D eigenvalue weighted by atomic mass is 32.1. The first-order valence-electron chi connectivity index (χ1n) is 13.4. The second kappa shape index (κ2) is 9.52. The van der Waals surface area contributed by atoms with Crippen molar-refractivity contribution in [3.05, 3.63) is 101 Å². The van der Waals surface area contributed by atoms with Crippen LogP contribution in [0.4, 0.5) is 0 Å². The van der Waals surface area contributed by atoms with E-state index in [1.165, 1.54) is 60.6 Å². The van der Waals surface area contributed by atoms with Gasteiger partial charge >= 0.3 is 0 Å². The second-order valence-corrected chi connectivity index (χ2v) is 11.7. The lowest BCUT2D eigenvalue weighted by Crippen LogP contribution is -2.30. The summed E-state index contributed by atoms with van der Waals surface area (Å²) in [5.74, 6) is 1.87. The fourth-order valence-electron chi connectivity index (χ4n) is 5.75. The quantitative estimate of drug-likeness (QED) is 0.210. The molecular weight excluding hydrogens is 482 g/mol. The summed E-state index contributed by atoms with van der Waals surface area (Å²) in [7, 11) is 2.20. The van der Waals surface area contributed by atoms with Crippen molar-refractivity contribution in [1.82, 2.24) is 9.55 Å². The van der Waals surface area contributed by atoms with E-state index in [0.717, 1.165) is 5.52 Å². The molecule has 4 heteroatoms. The normalized spacial score (nSPS) is 11.9. The van der Waals surface area contributed by atoms with Gasteiger partial charge in [-0.25, -0.2) is 9.55 Å². The zero-order valence-electron chi connectivity index (χ0n) is 23.0. The Hall–Kier alpha value is -3.76. The maximum atomic E-state index is 4.86. The minimum Gasteiger partial charge on any atom is -0.244 e. The molecule has 6 rings (SSSR count). The number of rotatable bonds is 5. The third kappa shape index (κ3) is 3.86. The maximum absolute atomic E-state index is 4.86. The SMILES string of the molecule is Cc1ccc2scnc2c1-c1n(-c2c(C(C)C)cc(-c3ccccc3)cc2C(C)C)c2ccccc2[n+]1C. The number of hydrogen-bond acceptors (Lipinski definition) is 2. The highest BCUT2D eigenvalue weighted by molar-refractivity contribution is 7.16. The van der Waals surface area contributed by atoms with Gasteiger partial charge < -0.3 is 0 Å². The van der Waals surface area contributed by atoms with Crippen molar-refractivity contribution in [3.63, 3.8) is 0 Å². The molecule has 190 valence electrons. The van der Waals surface area contributed by atoms with Crippen LogP contribution in [0.5, 0.6) is 0 Å². The lowest BCUT2D eigenvalue weighted by Gasteiger charge is -2.21. The fraction of sp³-hybridized carbons (Fsp3) is 0.235. The summed E-state index contributed by atoms with van der Waals surface area (Å²) in [5, 5.41) is 0. The van der Waals surface area contributed by atoms with Crippen LogP contribution in [0.2, 0.25) is 0 Å². The van der Waals surface area contributed by atoms with Gasteiger partial charge in [-0.1, -0.05) is 76.2 Å². The summed E-state index contributed by atoms with van der Waals surface area (Å²) < 4.78 is 6.10. The van der Waals surface area contributed by atoms with Crippen LogP contribution in [-0.2, 0) is 7.05 Å². The molecule has 0 aliphatic carbocycles. The fourth-order valence-corrected chi connectivity index (χ4v) is 6.44. The van der Waals surface area contributed by atoms with E-state index < -0.39 is 0 Å². The van der Waals surface area contributed by atoms with Crippen LogP contribution in [0.1, 0.15) is 56.2 Å². The van der Waals surface area contributed by atoms with Crippen LogP contribution in [0, 0.1) is 6.92 Å². The predicted molar refractivity (Wildman–Crippen MR) is 161 cm³/mol. The minimum absolute atomic E-state index is 0.349. The summed E-state index contributed by atoms with van der Waals surface area (Å²) in [6.07, 6.45) is 0. The number of imidazole rings is 1. The van der Waals surface area contributed by atoms with Crippen LogP contribution in [0.25, 0.3) is 49.5 Å². The van der Waals surface area contributed by atoms with Crippen LogP contribution in [-0.4, -0.2) is 9.55 Å². The summed E-state index contributed by atoms with van der Waals surface area (Å²) >= 11 is 1.71. The first kappa shape index (κ1) is 24.6. The monoisotopic (exact) mass is 516 g/mol. The Labute approximate surface area is 229 Å². The second-order valence-electron chi connectivity index (χ2n) is 10.8. The molecule has 0 N–H and O–H groups in total. The molecule has 0 saturated heterocycles. The molecule has 0 saturated carbocycles. The summed E-state index contributed by atoms with van der Waals surface area (Å²) in [4.78, 5) is 4.86. The van der Waals surface area contributed by atoms with Gasteiger partial charge in [-0.2, -0.15) is 4.57 Å². The molecular formula is C34H34N3S+. The van der Waals surface area contributed by atoms with E-state index in [9.17, 15) is 0 Å². The number of nitrogens with zero attached hydrogens (tertiary/aromatic N) is 3. The molecule has 0 aliphatic rings. The van der Waals surface area contributed by atoms with Crippen molar-refractivity contribution >= 4 is 32.6 Å². The molecule has 2 heterocycles. The van der Waals surface area contributed by atoms with Gasteiger partial charge in [-0.3, -0.25) is 0 Å². The molecule has 2 aromatic heterocycles. The van der Waals surface area contributed by atoms with E-state index in [1.807, 2.05) is 5.51 Å². The number of hydrogen-bond donors (Lipinski definition) is 0. The van der Waals surface area contributed by atoms with Gasteiger partial charge in [0.15, 0.2) is 11.0 Å². The zero-order chi connectivity index (χ0) is 26.6. The van der Waals surface area contributed by atoms with E-state index in [4.69, 9.17) is 4.98 Å². The molecule has 0 spiro atoms. The largest absolute Gasteiger partial charge is 0.297 e. The average Bonchev–Trinajstić information content (AvgIpc) is 3.51. The van der Waals surface area contributed by atoms with Gasteiger partial charge in [0.2, 0.25) is 0 Å². The van der Waals surface area contributed by atoms with Gasteiger partial charge in [0.1, 0.15) is 5.69 Å². The number of para-hydroxylation sites is 2. The Morgan fingerprint density at radius 2 is 1.45 bits per heavy atom. The summed E-state index contributed by atoms with van der Waals surface area (Å²) in [6.45, 7) is 11.5. The van der Waals surface area contributed by atoms with Gasteiger partial charge in [-0.05, 0) is 65.8 Å². The Morgan fingerprint density at radius 1 is 0.789 bits per heavy atom. The predicted octanol–water partition coefficient (Wildman–Crippen LogP) is 8.95. The number of aryl methyl sites for hydroxylation is 2. The van der Waals surface area contributed by atoms with E-state index in [1.54, 1.807) is 11.3 Å². The molecule has 0 amide bonds. The average molecular weight is 517 g/mol. The van der Waals surface area contributed by atoms with Gasteiger partial charge in [0.25, 0.3) is 5.82 Å². The van der Waals surface area contributed by atoms with Crippen molar-refractivity contribution < 1.29 is 4.57 Å². The first-order valence-corrected chi connectivity index (χ1v) is 14.3. The van der Waals surface area contributed by atoms with E-state index in [0.29, 0.717) is 11.8 Å². The Bertz CT molecular complexity index is 1760. The van der Waals surface area contributed by atoms with Crippen molar-refractivity contribution in [2.24, 2.45) is 7.05 Å². The lowest BCUT2D eigenvalue weighted by molar-refractivity contribution is -0.633. The summed E-state index contributed by atoms with van der Waals surface area (Å²) in [6, 6.07) is 28.8. The van der Waals surface area contributed by atoms with Crippen LogP contribution in [0.15, 0.2) is 84.4 Å². The third-order valence-electron chi connectivity index (χ3n) is 7.69. The Balaban J connectivity index is 1.79. The molecule has 0 fully saturated rings. The van der Waals surface area contributed by atoms with Crippen molar-refractivity contribution in [2.75, 3.05) is 0 Å². The van der Waals surface area contributed by atoms with Crippen LogP contribution in [0.3, 0.4) is 0 Å². The van der Waals surface area contributed by atoms with E-state index >= 15 is 0 Å². The molecule has 0 aliphatic heterocycles. The third-order valence-corrected chi connectivity index (χ3v) is 8.49. The molecule has 0 atom stereocenters. The molecule has 0 radical (unpaired) electrons. The number of benzene rings is 4.